The van der Waals surface area contributed by atoms with Crippen LogP contribution in [0.25, 0.3) is 0 Å². The Morgan fingerprint density at radius 1 is 1.13 bits per heavy atom. The largest absolute Gasteiger partial charge is 1.00 e. The topological polar surface area (TPSA) is 3.88 Å². The van der Waals surface area contributed by atoms with Crippen LogP contribution in [0.4, 0.5) is 0 Å². The number of halogens is 1. The number of unbranched alkanes of at least 4 members (excludes halogenated alkanes) is 5. The molecule has 1 rings (SSSR count). The molecular weight excluding hydrogens is 317 g/mol. The zero-order chi connectivity index (χ0) is 10.2. The van der Waals surface area contributed by atoms with Crippen LogP contribution in [0.1, 0.15) is 51.1 Å². The summed E-state index contributed by atoms with van der Waals surface area (Å²) < 4.78 is 2.37. The third kappa shape index (κ3) is 6.51. The lowest BCUT2D eigenvalue weighted by Crippen LogP contribution is -3.00. The van der Waals surface area contributed by atoms with Crippen LogP contribution in [0, 0.1) is 6.92 Å². The van der Waals surface area contributed by atoms with Crippen LogP contribution >= 0.6 is 11.3 Å². The Balaban J connectivity index is 0.00000196. The summed E-state index contributed by atoms with van der Waals surface area (Å²) in [6.07, 6.45) is 8.32. The van der Waals surface area contributed by atoms with Gasteiger partial charge in [-0.25, -0.2) is 0 Å². The molecule has 0 aliphatic carbocycles. The fourth-order valence-corrected chi connectivity index (χ4v) is 2.46. The molecule has 0 N–H and O–H groups in total. The van der Waals surface area contributed by atoms with E-state index in [2.05, 4.69) is 29.3 Å². The Morgan fingerprint density at radius 3 is 2.40 bits per heavy atom. The quantitative estimate of drug-likeness (QED) is 0.391. The molecule has 0 aliphatic heterocycles. The molecule has 0 saturated heterocycles. The fourth-order valence-electron chi connectivity index (χ4n) is 1.64. The van der Waals surface area contributed by atoms with Crippen LogP contribution in [-0.4, -0.2) is 0 Å². The maximum atomic E-state index is 2.37. The van der Waals surface area contributed by atoms with Gasteiger partial charge in [0.05, 0.1) is 5.38 Å². The van der Waals surface area contributed by atoms with Crippen molar-refractivity contribution in [2.24, 2.45) is 0 Å². The van der Waals surface area contributed by atoms with Gasteiger partial charge in [-0.05, 0) is 6.42 Å². The molecule has 0 bridgehead atoms. The highest BCUT2D eigenvalue weighted by Crippen LogP contribution is 2.05. The van der Waals surface area contributed by atoms with Crippen molar-refractivity contribution >= 4 is 11.3 Å². The molecule has 1 aromatic heterocycles. The monoisotopic (exact) mass is 339 g/mol. The van der Waals surface area contributed by atoms with Gasteiger partial charge in [0.2, 0.25) is 5.51 Å². The van der Waals surface area contributed by atoms with Gasteiger partial charge in [-0.1, -0.05) is 43.9 Å². The molecule has 3 heteroatoms. The van der Waals surface area contributed by atoms with Gasteiger partial charge in [-0.2, -0.15) is 4.57 Å². The average molecular weight is 339 g/mol. The predicted octanol–water partition coefficient (Wildman–Crippen LogP) is 0.709. The minimum Gasteiger partial charge on any atom is -1.00 e. The molecule has 0 unspecified atom stereocenters. The summed E-state index contributed by atoms with van der Waals surface area (Å²) in [4.78, 5) is 0. The lowest BCUT2D eigenvalue weighted by Gasteiger charge is -1.97. The fraction of sp³-hybridized carbons (Fsp3) is 0.750. The van der Waals surface area contributed by atoms with E-state index in [-0.39, 0.29) is 24.0 Å². The van der Waals surface area contributed by atoms with Gasteiger partial charge in [0.25, 0.3) is 0 Å². The number of aromatic nitrogens is 1. The van der Waals surface area contributed by atoms with Crippen molar-refractivity contribution in [3.63, 3.8) is 0 Å². The van der Waals surface area contributed by atoms with Gasteiger partial charge in [0.1, 0.15) is 6.54 Å². The highest BCUT2D eigenvalue weighted by molar-refractivity contribution is 7.07. The number of hydrogen-bond acceptors (Lipinski definition) is 1. The van der Waals surface area contributed by atoms with Gasteiger partial charge >= 0.3 is 0 Å². The second kappa shape index (κ2) is 9.58. The SMILES string of the molecule is CCCCCCCC[n+]1cscc1C.[I-]. The summed E-state index contributed by atoms with van der Waals surface area (Å²) in [7, 11) is 0. The molecule has 88 valence electrons. The first-order valence-electron chi connectivity index (χ1n) is 5.77. The van der Waals surface area contributed by atoms with E-state index in [1.165, 1.54) is 50.8 Å². The van der Waals surface area contributed by atoms with E-state index in [0.29, 0.717) is 0 Å². The summed E-state index contributed by atoms with van der Waals surface area (Å²) in [6, 6.07) is 0. The molecule has 0 aliphatic rings. The normalized spacial score (nSPS) is 10.0. The third-order valence-electron chi connectivity index (χ3n) is 2.63. The first-order valence-corrected chi connectivity index (χ1v) is 6.71. The molecule has 0 amide bonds. The van der Waals surface area contributed by atoms with E-state index >= 15 is 0 Å². The average Bonchev–Trinajstić information content (AvgIpc) is 2.58. The van der Waals surface area contributed by atoms with Crippen LogP contribution in [0.2, 0.25) is 0 Å². The number of aryl methyl sites for hydroxylation is 2. The van der Waals surface area contributed by atoms with E-state index in [4.69, 9.17) is 0 Å². The molecule has 0 atom stereocenters. The molecule has 15 heavy (non-hydrogen) atoms. The predicted molar refractivity (Wildman–Crippen MR) is 62.6 cm³/mol. The minimum absolute atomic E-state index is 0. The molecule has 1 aromatic rings. The highest BCUT2D eigenvalue weighted by Gasteiger charge is 2.05. The van der Waals surface area contributed by atoms with Crippen LogP contribution in [0.5, 0.6) is 0 Å². The molecular formula is C12H22INS. The van der Waals surface area contributed by atoms with E-state index in [1.54, 1.807) is 11.3 Å². The van der Waals surface area contributed by atoms with Gasteiger partial charge in [-0.3, -0.25) is 0 Å². The van der Waals surface area contributed by atoms with Crippen LogP contribution in [0.15, 0.2) is 10.9 Å². The maximum Gasteiger partial charge on any atom is 0.224 e. The number of hydrogen-bond donors (Lipinski definition) is 0. The summed E-state index contributed by atoms with van der Waals surface area (Å²) in [5, 5.41) is 2.22. The zero-order valence-electron chi connectivity index (χ0n) is 9.84. The Hall–Kier alpha value is 0.360. The van der Waals surface area contributed by atoms with Crippen LogP contribution < -0.4 is 28.5 Å². The van der Waals surface area contributed by atoms with E-state index in [9.17, 15) is 0 Å². The molecule has 1 heterocycles. The Kier molecular flexibility index (Phi) is 9.81. The number of rotatable bonds is 7. The van der Waals surface area contributed by atoms with Crippen molar-refractivity contribution in [1.29, 1.82) is 0 Å². The molecule has 0 aromatic carbocycles. The molecule has 0 radical (unpaired) electrons. The molecule has 1 nitrogen and oxygen atoms in total. The Morgan fingerprint density at radius 2 is 1.80 bits per heavy atom. The van der Waals surface area contributed by atoms with E-state index in [0.717, 1.165) is 0 Å². The van der Waals surface area contributed by atoms with Crippen molar-refractivity contribution in [2.75, 3.05) is 0 Å². The van der Waals surface area contributed by atoms with Crippen LogP contribution in [0.3, 0.4) is 0 Å². The minimum atomic E-state index is 0. The lowest BCUT2D eigenvalue weighted by molar-refractivity contribution is -0.698. The second-order valence-electron chi connectivity index (χ2n) is 3.96. The van der Waals surface area contributed by atoms with Crippen LogP contribution in [-0.2, 0) is 6.54 Å². The first kappa shape index (κ1) is 15.4. The standard InChI is InChI=1S/C12H22NS.HI/c1-3-4-5-6-7-8-9-13-11-14-10-12(13)2;/h10-11H,3-9H2,1-2H3;1H/q+1;/p-1. The summed E-state index contributed by atoms with van der Waals surface area (Å²) >= 11 is 1.80. The van der Waals surface area contributed by atoms with E-state index < -0.39 is 0 Å². The summed E-state index contributed by atoms with van der Waals surface area (Å²) in [5.74, 6) is 0. The number of nitrogens with zero attached hydrogens (tertiary/aromatic N) is 1. The van der Waals surface area contributed by atoms with Crippen molar-refractivity contribution < 1.29 is 28.5 Å². The molecule has 0 fully saturated rings. The second-order valence-corrected chi connectivity index (χ2v) is 4.68. The Labute approximate surface area is 115 Å². The molecule has 0 spiro atoms. The lowest BCUT2D eigenvalue weighted by atomic mass is 10.1. The molecule has 0 saturated carbocycles. The van der Waals surface area contributed by atoms with Gasteiger partial charge in [0, 0.05) is 13.3 Å². The Bertz CT molecular complexity index is 248. The first-order chi connectivity index (χ1) is 6.84. The van der Waals surface area contributed by atoms with E-state index in [1.807, 2.05) is 0 Å². The van der Waals surface area contributed by atoms with Crippen molar-refractivity contribution in [2.45, 2.75) is 58.9 Å². The van der Waals surface area contributed by atoms with Gasteiger partial charge in [-0.15, -0.1) is 0 Å². The summed E-state index contributed by atoms with van der Waals surface area (Å²) in [5.41, 5.74) is 3.63. The summed E-state index contributed by atoms with van der Waals surface area (Å²) in [6.45, 7) is 5.67. The third-order valence-corrected chi connectivity index (χ3v) is 3.49. The van der Waals surface area contributed by atoms with Crippen molar-refractivity contribution in [3.05, 3.63) is 16.6 Å². The zero-order valence-corrected chi connectivity index (χ0v) is 12.8. The van der Waals surface area contributed by atoms with Crippen molar-refractivity contribution in [3.8, 4) is 0 Å². The van der Waals surface area contributed by atoms with Gasteiger partial charge in [0.15, 0.2) is 5.69 Å². The maximum absolute atomic E-state index is 2.37. The highest BCUT2D eigenvalue weighted by atomic mass is 127. The number of thiazole rings is 1. The van der Waals surface area contributed by atoms with Gasteiger partial charge < -0.3 is 24.0 Å². The van der Waals surface area contributed by atoms with Crippen molar-refractivity contribution in [1.82, 2.24) is 0 Å². The smallest absolute Gasteiger partial charge is 0.224 e.